The normalized spacial score (nSPS) is 17.4. The van der Waals surface area contributed by atoms with Gasteiger partial charge in [-0.1, -0.05) is 22.9 Å². The number of hydrogen-bond donors (Lipinski definition) is 2. The predicted octanol–water partition coefficient (Wildman–Crippen LogP) is 4.24. The molecule has 1 atom stereocenters. The third-order valence-electron chi connectivity index (χ3n) is 3.87. The van der Waals surface area contributed by atoms with Crippen LogP contribution >= 0.6 is 27.7 Å². The maximum absolute atomic E-state index is 12.7. The first-order valence-corrected chi connectivity index (χ1v) is 10.9. The van der Waals surface area contributed by atoms with E-state index in [2.05, 4.69) is 26.0 Å². The quantitative estimate of drug-likeness (QED) is 0.747. The summed E-state index contributed by atoms with van der Waals surface area (Å²) in [7, 11) is -3.75. The van der Waals surface area contributed by atoms with Crippen LogP contribution in [0.1, 0.15) is 12.5 Å². The Balaban J connectivity index is 1.91. The lowest BCUT2D eigenvalue weighted by Gasteiger charge is -2.12. The standard InChI is InChI=1S/C17H17BrN2O3S2/c1-10-7-12(3-5-14(10)18)20-25(22,23)13-4-6-16-15(8-13)19-17(21)11(2)9-24-16/h3-8,11,20H,9H2,1-2H3,(H,19,21). The molecule has 0 radical (unpaired) electrons. The monoisotopic (exact) mass is 440 g/mol. The van der Waals surface area contributed by atoms with Crippen LogP contribution in [-0.2, 0) is 14.8 Å². The van der Waals surface area contributed by atoms with E-state index in [1.807, 2.05) is 13.8 Å². The number of benzene rings is 2. The highest BCUT2D eigenvalue weighted by Crippen LogP contribution is 2.34. The summed E-state index contributed by atoms with van der Waals surface area (Å²) >= 11 is 4.94. The number of carbonyl (C=O) groups excluding carboxylic acids is 1. The Hall–Kier alpha value is -1.51. The van der Waals surface area contributed by atoms with Crippen LogP contribution in [0.25, 0.3) is 0 Å². The highest BCUT2D eigenvalue weighted by atomic mass is 79.9. The number of thioether (sulfide) groups is 1. The van der Waals surface area contributed by atoms with E-state index in [1.165, 1.54) is 6.07 Å². The van der Waals surface area contributed by atoms with Crippen LogP contribution in [-0.4, -0.2) is 20.1 Å². The summed E-state index contributed by atoms with van der Waals surface area (Å²) in [5.74, 6) is 0.445. The second-order valence-electron chi connectivity index (χ2n) is 5.93. The molecule has 8 heteroatoms. The van der Waals surface area contributed by atoms with E-state index in [9.17, 15) is 13.2 Å². The van der Waals surface area contributed by atoms with Crippen molar-refractivity contribution >= 4 is 55.0 Å². The molecule has 3 rings (SSSR count). The van der Waals surface area contributed by atoms with Crippen LogP contribution in [0.15, 0.2) is 50.7 Å². The average Bonchev–Trinajstić information content (AvgIpc) is 2.69. The van der Waals surface area contributed by atoms with Gasteiger partial charge >= 0.3 is 0 Å². The van der Waals surface area contributed by atoms with Crippen LogP contribution in [0, 0.1) is 12.8 Å². The zero-order chi connectivity index (χ0) is 18.2. The summed E-state index contributed by atoms with van der Waals surface area (Å²) in [6.45, 7) is 3.74. The molecule has 0 spiro atoms. The number of anilines is 2. The number of fused-ring (bicyclic) bond motifs is 1. The van der Waals surface area contributed by atoms with Crippen molar-refractivity contribution in [2.24, 2.45) is 5.92 Å². The van der Waals surface area contributed by atoms with Crippen molar-refractivity contribution in [2.45, 2.75) is 23.6 Å². The Kier molecular flexibility index (Phi) is 5.13. The molecule has 132 valence electrons. The molecule has 1 aliphatic heterocycles. The lowest BCUT2D eigenvalue weighted by molar-refractivity contribution is -0.118. The summed E-state index contributed by atoms with van der Waals surface area (Å²) in [5, 5.41) is 2.81. The first kappa shape index (κ1) is 18.3. The third kappa shape index (κ3) is 4.02. The number of carbonyl (C=O) groups is 1. The number of aryl methyl sites for hydroxylation is 1. The highest BCUT2D eigenvalue weighted by Gasteiger charge is 2.23. The van der Waals surface area contributed by atoms with Gasteiger partial charge in [0.2, 0.25) is 5.91 Å². The summed E-state index contributed by atoms with van der Waals surface area (Å²) < 4.78 is 28.8. The van der Waals surface area contributed by atoms with Gasteiger partial charge in [0, 0.05) is 26.7 Å². The van der Waals surface area contributed by atoms with Crippen molar-refractivity contribution < 1.29 is 13.2 Å². The molecule has 0 aliphatic carbocycles. The predicted molar refractivity (Wildman–Crippen MR) is 105 cm³/mol. The molecule has 1 aliphatic rings. The van der Waals surface area contributed by atoms with E-state index < -0.39 is 10.0 Å². The minimum atomic E-state index is -3.75. The molecule has 1 heterocycles. The summed E-state index contributed by atoms with van der Waals surface area (Å²) in [4.78, 5) is 13.0. The van der Waals surface area contributed by atoms with Crippen LogP contribution < -0.4 is 10.0 Å². The first-order valence-electron chi connectivity index (χ1n) is 7.63. The number of amides is 1. The summed E-state index contributed by atoms with van der Waals surface area (Å²) in [6, 6.07) is 10.0. The SMILES string of the molecule is Cc1cc(NS(=O)(=O)c2ccc3c(c2)NC(=O)C(C)CS3)ccc1Br. The number of sulfonamides is 1. The van der Waals surface area contributed by atoms with Crippen LogP contribution in [0.2, 0.25) is 0 Å². The fourth-order valence-corrected chi connectivity index (χ4v) is 4.70. The van der Waals surface area contributed by atoms with Crippen molar-refractivity contribution in [3.05, 3.63) is 46.4 Å². The lowest BCUT2D eigenvalue weighted by Crippen LogP contribution is -2.20. The molecule has 2 aromatic carbocycles. The molecular formula is C17H17BrN2O3S2. The van der Waals surface area contributed by atoms with Crippen molar-refractivity contribution in [3.63, 3.8) is 0 Å². The van der Waals surface area contributed by atoms with Crippen molar-refractivity contribution in [1.29, 1.82) is 0 Å². The molecular weight excluding hydrogens is 424 g/mol. The smallest absolute Gasteiger partial charge is 0.261 e. The van der Waals surface area contributed by atoms with Crippen molar-refractivity contribution in [2.75, 3.05) is 15.8 Å². The van der Waals surface area contributed by atoms with Gasteiger partial charge in [-0.15, -0.1) is 11.8 Å². The molecule has 0 saturated heterocycles. The number of halogens is 1. The van der Waals surface area contributed by atoms with Crippen molar-refractivity contribution in [1.82, 2.24) is 0 Å². The molecule has 2 N–H and O–H groups in total. The maximum Gasteiger partial charge on any atom is 0.261 e. The second-order valence-corrected chi connectivity index (χ2v) is 9.53. The Morgan fingerprint density at radius 2 is 2.00 bits per heavy atom. The van der Waals surface area contributed by atoms with Crippen LogP contribution in [0.5, 0.6) is 0 Å². The Morgan fingerprint density at radius 3 is 2.72 bits per heavy atom. The molecule has 0 aromatic heterocycles. The van der Waals surface area contributed by atoms with Crippen LogP contribution in [0.4, 0.5) is 11.4 Å². The van der Waals surface area contributed by atoms with Gasteiger partial charge in [-0.05, 0) is 48.9 Å². The fourth-order valence-electron chi connectivity index (χ4n) is 2.37. The fraction of sp³-hybridized carbons (Fsp3) is 0.235. The van der Waals surface area contributed by atoms with Gasteiger partial charge in [0.15, 0.2) is 0 Å². The highest BCUT2D eigenvalue weighted by molar-refractivity contribution is 9.10. The van der Waals surface area contributed by atoms with E-state index in [1.54, 1.807) is 42.1 Å². The van der Waals surface area contributed by atoms with Gasteiger partial charge in [0.05, 0.1) is 10.6 Å². The number of nitrogens with one attached hydrogen (secondary N) is 2. The molecule has 1 unspecified atom stereocenters. The van der Waals surface area contributed by atoms with E-state index in [0.29, 0.717) is 17.1 Å². The van der Waals surface area contributed by atoms with Gasteiger partial charge in [-0.2, -0.15) is 0 Å². The van der Waals surface area contributed by atoms with Gasteiger partial charge in [0.25, 0.3) is 10.0 Å². The van der Waals surface area contributed by atoms with Gasteiger partial charge < -0.3 is 5.32 Å². The maximum atomic E-state index is 12.7. The average molecular weight is 441 g/mol. The minimum absolute atomic E-state index is 0.0997. The minimum Gasteiger partial charge on any atom is -0.325 e. The van der Waals surface area contributed by atoms with Gasteiger partial charge in [-0.3, -0.25) is 9.52 Å². The summed E-state index contributed by atoms with van der Waals surface area (Å²) in [6.07, 6.45) is 0. The second kappa shape index (κ2) is 7.01. The Bertz CT molecular complexity index is 945. The zero-order valence-electron chi connectivity index (χ0n) is 13.7. The lowest BCUT2D eigenvalue weighted by atomic mass is 10.2. The van der Waals surface area contributed by atoms with Crippen LogP contribution in [0.3, 0.4) is 0 Å². The van der Waals surface area contributed by atoms with E-state index >= 15 is 0 Å². The Morgan fingerprint density at radius 1 is 1.24 bits per heavy atom. The van der Waals surface area contributed by atoms with Gasteiger partial charge in [0.1, 0.15) is 0 Å². The first-order chi connectivity index (χ1) is 11.8. The van der Waals surface area contributed by atoms with Gasteiger partial charge in [-0.25, -0.2) is 8.42 Å². The van der Waals surface area contributed by atoms with E-state index in [0.717, 1.165) is 14.9 Å². The Labute approximate surface area is 159 Å². The van der Waals surface area contributed by atoms with Crippen molar-refractivity contribution in [3.8, 4) is 0 Å². The largest absolute Gasteiger partial charge is 0.325 e. The molecule has 1 amide bonds. The zero-order valence-corrected chi connectivity index (χ0v) is 16.9. The third-order valence-corrected chi connectivity index (χ3v) is 7.47. The molecule has 5 nitrogen and oxygen atoms in total. The molecule has 0 bridgehead atoms. The van der Waals surface area contributed by atoms with E-state index in [4.69, 9.17) is 0 Å². The molecule has 25 heavy (non-hydrogen) atoms. The molecule has 2 aromatic rings. The summed E-state index contributed by atoms with van der Waals surface area (Å²) in [5.41, 5.74) is 1.96. The number of rotatable bonds is 3. The van der Waals surface area contributed by atoms with E-state index in [-0.39, 0.29) is 16.7 Å². The molecule has 0 fully saturated rings. The molecule has 0 saturated carbocycles. The topological polar surface area (TPSA) is 75.3 Å². The number of hydrogen-bond acceptors (Lipinski definition) is 4.